The second-order valence-corrected chi connectivity index (χ2v) is 13.3. The number of carbonyl (C=O) groups excluding carboxylic acids is 1. The predicted molar refractivity (Wildman–Crippen MR) is 167 cm³/mol. The third-order valence-corrected chi connectivity index (χ3v) is 9.48. The number of nitrogens with one attached hydrogen (secondary N) is 2. The quantitative estimate of drug-likeness (QED) is 0.331. The van der Waals surface area contributed by atoms with E-state index in [0.29, 0.717) is 91.8 Å². The van der Waals surface area contributed by atoms with Crippen LogP contribution in [0.25, 0.3) is 21.8 Å². The molecule has 0 atom stereocenters. The van der Waals surface area contributed by atoms with Gasteiger partial charge in [-0.05, 0) is 50.3 Å². The van der Waals surface area contributed by atoms with Crippen molar-refractivity contribution in [1.82, 2.24) is 34.3 Å². The molecule has 2 aliphatic heterocycles. The molecule has 5 rings (SSSR count). The second kappa shape index (κ2) is 13.9. The summed E-state index contributed by atoms with van der Waals surface area (Å²) in [5.74, 6) is 0.374. The van der Waals surface area contributed by atoms with Gasteiger partial charge in [0.25, 0.3) is 0 Å². The molecule has 2 aliphatic rings. The molecule has 3 aromatic rings. The number of carbonyl (C=O) groups is 1. The van der Waals surface area contributed by atoms with Crippen molar-refractivity contribution in [3.8, 4) is 16.9 Å². The Hall–Kier alpha value is -3.77. The molecule has 2 fully saturated rings. The molecule has 0 unspecified atom stereocenters. The fourth-order valence-corrected chi connectivity index (χ4v) is 6.58. The molecular formula is C29H36ClN9O4S. The maximum atomic E-state index is 11.9. The Kier molecular flexibility index (Phi) is 10.00. The van der Waals surface area contributed by atoms with Gasteiger partial charge >= 0.3 is 6.09 Å². The maximum absolute atomic E-state index is 11.9. The molecular weight excluding hydrogens is 606 g/mol. The number of hydrogen-bond donors (Lipinski definition) is 2. The maximum Gasteiger partial charge on any atom is 0.409 e. The van der Waals surface area contributed by atoms with E-state index in [9.17, 15) is 13.2 Å². The van der Waals surface area contributed by atoms with Gasteiger partial charge in [0.05, 0.1) is 42.0 Å². The van der Waals surface area contributed by atoms with Crippen LogP contribution in [0.3, 0.4) is 0 Å². The van der Waals surface area contributed by atoms with E-state index in [0.717, 1.165) is 18.4 Å². The standard InChI is InChI=1S/C29H36ClN9O4S/c1-4-43-29(40)37-11-7-22(8-12-37)32-16-20-5-6-26(24(30)15-20)39-19-21(17-34-39)27-25(31-2)18-33-28(36-27)35-23-9-13-38(14-10-23)44(3,41)42/h5-6,15,17-19,22-23,32H,4,7-14,16H2,1,3H3,(H,33,35,36). The molecule has 2 aromatic heterocycles. The topological polar surface area (TPSA) is 139 Å². The van der Waals surface area contributed by atoms with Crippen LogP contribution in [0.15, 0.2) is 36.8 Å². The summed E-state index contributed by atoms with van der Waals surface area (Å²) in [6, 6.07) is 6.13. The largest absolute Gasteiger partial charge is 0.450 e. The number of nitrogens with zero attached hydrogens (tertiary/aromatic N) is 7. The summed E-state index contributed by atoms with van der Waals surface area (Å²) in [6.45, 7) is 12.6. The highest BCUT2D eigenvalue weighted by molar-refractivity contribution is 7.88. The van der Waals surface area contributed by atoms with Crippen LogP contribution in [0.5, 0.6) is 0 Å². The van der Waals surface area contributed by atoms with E-state index in [-0.39, 0.29) is 12.1 Å². The Labute approximate surface area is 262 Å². The first kappa shape index (κ1) is 31.6. The minimum atomic E-state index is -3.21. The van der Waals surface area contributed by atoms with Crippen LogP contribution < -0.4 is 10.6 Å². The first-order chi connectivity index (χ1) is 21.1. The highest BCUT2D eigenvalue weighted by Crippen LogP contribution is 2.31. The Morgan fingerprint density at radius 2 is 1.86 bits per heavy atom. The van der Waals surface area contributed by atoms with Crippen molar-refractivity contribution >= 4 is 39.4 Å². The highest BCUT2D eigenvalue weighted by Gasteiger charge is 2.26. The first-order valence-electron chi connectivity index (χ1n) is 14.6. The van der Waals surface area contributed by atoms with Crippen LogP contribution >= 0.6 is 11.6 Å². The average Bonchev–Trinajstić information content (AvgIpc) is 3.50. The molecule has 0 bridgehead atoms. The second-order valence-electron chi connectivity index (χ2n) is 10.9. The van der Waals surface area contributed by atoms with E-state index in [2.05, 4.69) is 30.5 Å². The van der Waals surface area contributed by atoms with Crippen molar-refractivity contribution in [2.75, 3.05) is 44.4 Å². The van der Waals surface area contributed by atoms with Crippen LogP contribution in [0.4, 0.5) is 16.4 Å². The Morgan fingerprint density at radius 1 is 1.14 bits per heavy atom. The summed E-state index contributed by atoms with van der Waals surface area (Å²) in [4.78, 5) is 26.2. The van der Waals surface area contributed by atoms with Gasteiger partial charge in [-0.15, -0.1) is 0 Å². The van der Waals surface area contributed by atoms with Crippen molar-refractivity contribution in [2.24, 2.45) is 0 Å². The summed E-state index contributed by atoms with van der Waals surface area (Å²) in [5, 5.41) is 11.9. The fourth-order valence-electron chi connectivity index (χ4n) is 5.42. The molecule has 44 heavy (non-hydrogen) atoms. The van der Waals surface area contributed by atoms with E-state index >= 15 is 0 Å². The van der Waals surface area contributed by atoms with Crippen LogP contribution in [0.2, 0.25) is 5.02 Å². The highest BCUT2D eigenvalue weighted by atomic mass is 35.5. The van der Waals surface area contributed by atoms with Crippen LogP contribution in [0, 0.1) is 6.57 Å². The van der Waals surface area contributed by atoms with Gasteiger partial charge in [0.1, 0.15) is 0 Å². The number of aromatic nitrogens is 4. The van der Waals surface area contributed by atoms with Crippen molar-refractivity contribution in [1.29, 1.82) is 0 Å². The molecule has 1 amide bonds. The number of piperidine rings is 2. The van der Waals surface area contributed by atoms with Crippen molar-refractivity contribution < 1.29 is 17.9 Å². The van der Waals surface area contributed by atoms with Gasteiger partial charge < -0.3 is 20.3 Å². The SMILES string of the molecule is [C-]#[N+]c1cnc(NC2CCN(S(C)(=O)=O)CC2)nc1-c1cnn(-c2ccc(CNC3CCN(C(=O)OCC)CC3)cc2Cl)c1. The minimum Gasteiger partial charge on any atom is -0.450 e. The van der Waals surface area contributed by atoms with E-state index in [1.54, 1.807) is 22.0 Å². The third kappa shape index (κ3) is 7.65. The van der Waals surface area contributed by atoms with Gasteiger partial charge in [-0.25, -0.2) is 37.0 Å². The predicted octanol–water partition coefficient (Wildman–Crippen LogP) is 4.08. The van der Waals surface area contributed by atoms with Crippen molar-refractivity contribution in [3.05, 3.63) is 58.8 Å². The lowest BCUT2D eigenvalue weighted by atomic mass is 10.0. The average molecular weight is 642 g/mol. The molecule has 234 valence electrons. The number of ether oxygens (including phenoxy) is 1. The summed E-state index contributed by atoms with van der Waals surface area (Å²) in [6.07, 6.45) is 8.85. The smallest absolute Gasteiger partial charge is 0.409 e. The Morgan fingerprint density at radius 3 is 2.52 bits per heavy atom. The monoisotopic (exact) mass is 641 g/mol. The molecule has 0 spiro atoms. The summed E-state index contributed by atoms with van der Waals surface area (Å²) >= 11 is 6.68. The lowest BCUT2D eigenvalue weighted by Crippen LogP contribution is -2.44. The molecule has 1 aromatic carbocycles. The number of anilines is 1. The first-order valence-corrected chi connectivity index (χ1v) is 16.8. The van der Waals surface area contributed by atoms with Gasteiger partial charge in [0, 0.05) is 62.8 Å². The summed E-state index contributed by atoms with van der Waals surface area (Å²) < 4.78 is 31.9. The van der Waals surface area contributed by atoms with E-state index in [1.165, 1.54) is 16.8 Å². The van der Waals surface area contributed by atoms with E-state index in [1.807, 2.05) is 25.1 Å². The summed E-state index contributed by atoms with van der Waals surface area (Å²) in [7, 11) is -3.21. The van der Waals surface area contributed by atoms with E-state index < -0.39 is 10.0 Å². The number of rotatable bonds is 9. The fraction of sp³-hybridized carbons (Fsp3) is 0.483. The molecule has 4 heterocycles. The zero-order valence-corrected chi connectivity index (χ0v) is 26.3. The van der Waals surface area contributed by atoms with Gasteiger partial charge in [0.15, 0.2) is 0 Å². The zero-order chi connectivity index (χ0) is 31.3. The van der Waals surface area contributed by atoms with Gasteiger partial charge in [-0.3, -0.25) is 0 Å². The number of likely N-dealkylation sites (tertiary alicyclic amines) is 1. The lowest BCUT2D eigenvalue weighted by molar-refractivity contribution is 0.0950. The molecule has 15 heteroatoms. The van der Waals surface area contributed by atoms with Crippen LogP contribution in [-0.2, 0) is 21.3 Å². The van der Waals surface area contributed by atoms with Crippen molar-refractivity contribution in [3.63, 3.8) is 0 Å². The molecule has 2 N–H and O–H groups in total. The molecule has 2 saturated heterocycles. The number of hydrogen-bond acceptors (Lipinski definition) is 9. The molecule has 0 radical (unpaired) electrons. The number of benzene rings is 1. The van der Waals surface area contributed by atoms with Gasteiger partial charge in [-0.2, -0.15) is 5.10 Å². The Bertz CT molecular complexity index is 1630. The van der Waals surface area contributed by atoms with Gasteiger partial charge in [-0.1, -0.05) is 17.7 Å². The third-order valence-electron chi connectivity index (χ3n) is 7.88. The Balaban J connectivity index is 1.21. The van der Waals surface area contributed by atoms with Crippen LogP contribution in [-0.4, -0.2) is 94.6 Å². The molecule has 0 aliphatic carbocycles. The minimum absolute atomic E-state index is 0.0200. The number of amides is 1. The van der Waals surface area contributed by atoms with Crippen LogP contribution in [0.1, 0.15) is 38.2 Å². The molecule has 13 nitrogen and oxygen atoms in total. The lowest BCUT2D eigenvalue weighted by Gasteiger charge is -2.31. The van der Waals surface area contributed by atoms with Crippen molar-refractivity contribution in [2.45, 2.75) is 51.2 Å². The number of halogens is 1. The zero-order valence-electron chi connectivity index (χ0n) is 24.7. The summed E-state index contributed by atoms with van der Waals surface area (Å²) in [5.41, 5.74) is 3.11. The van der Waals surface area contributed by atoms with Gasteiger partial charge in [0.2, 0.25) is 21.7 Å². The van der Waals surface area contributed by atoms with E-state index in [4.69, 9.17) is 22.9 Å². The number of sulfonamides is 1. The molecule has 0 saturated carbocycles. The normalized spacial score (nSPS) is 16.9.